The van der Waals surface area contributed by atoms with Gasteiger partial charge in [0.25, 0.3) is 5.56 Å². The number of aryl methyl sites for hydroxylation is 1. The van der Waals surface area contributed by atoms with Crippen LogP contribution in [0.5, 0.6) is 5.75 Å². The summed E-state index contributed by atoms with van der Waals surface area (Å²) in [6.07, 6.45) is 2.87. The summed E-state index contributed by atoms with van der Waals surface area (Å²) < 4.78 is 7.64. The fraction of sp³-hybridized carbons (Fsp3) is 0.296. The second-order valence-electron chi connectivity index (χ2n) is 8.35. The van der Waals surface area contributed by atoms with Crippen LogP contribution in [0, 0.1) is 6.92 Å². The van der Waals surface area contributed by atoms with Crippen LogP contribution in [0.4, 0.5) is 5.69 Å². The van der Waals surface area contributed by atoms with Gasteiger partial charge < -0.3 is 10.1 Å². The van der Waals surface area contributed by atoms with Crippen molar-refractivity contribution in [1.82, 2.24) is 9.55 Å². The molecular formula is C27H29N3O3S2. The molecule has 2 heterocycles. The fourth-order valence-corrected chi connectivity index (χ4v) is 5.45. The lowest BCUT2D eigenvalue weighted by Crippen LogP contribution is -2.22. The average Bonchev–Trinajstić information content (AvgIpc) is 3.34. The van der Waals surface area contributed by atoms with Crippen LogP contribution in [0.3, 0.4) is 0 Å². The van der Waals surface area contributed by atoms with Gasteiger partial charge in [0.05, 0.1) is 12.6 Å². The van der Waals surface area contributed by atoms with Gasteiger partial charge in [-0.3, -0.25) is 14.2 Å². The molecule has 0 atom stereocenters. The van der Waals surface area contributed by atoms with Crippen LogP contribution in [0.1, 0.15) is 36.8 Å². The molecule has 0 saturated heterocycles. The van der Waals surface area contributed by atoms with Crippen molar-refractivity contribution < 1.29 is 9.53 Å². The zero-order valence-corrected chi connectivity index (χ0v) is 21.6. The topological polar surface area (TPSA) is 73.2 Å². The summed E-state index contributed by atoms with van der Waals surface area (Å²) in [5, 5.41) is 5.58. The number of benzene rings is 2. The monoisotopic (exact) mass is 507 g/mol. The highest BCUT2D eigenvalue weighted by Gasteiger charge is 2.13. The number of rotatable bonds is 11. The summed E-state index contributed by atoms with van der Waals surface area (Å²) >= 11 is 3.03. The van der Waals surface area contributed by atoms with Crippen molar-refractivity contribution in [3.05, 3.63) is 81.5 Å². The predicted molar refractivity (Wildman–Crippen MR) is 145 cm³/mol. The Morgan fingerprint density at radius 2 is 1.83 bits per heavy atom. The lowest BCUT2D eigenvalue weighted by atomic mass is 10.2. The minimum atomic E-state index is -0.0108. The van der Waals surface area contributed by atoms with Gasteiger partial charge in [0, 0.05) is 24.4 Å². The first-order valence-corrected chi connectivity index (χ1v) is 13.5. The number of amides is 1. The number of aromatic nitrogens is 2. The molecule has 1 amide bonds. The standard InChI is InChI=1S/C27H29N3O3S2/c1-19-7-9-20(10-8-19)18-35-27-29-23-15-17-34-25(23)26(32)30(27)16-5-3-4-6-24(31)28-21-11-13-22(33-2)14-12-21/h7-15,17H,3-6,16,18H2,1-2H3,(H,28,31). The number of thioether (sulfide) groups is 1. The molecule has 2 aromatic heterocycles. The second-order valence-corrected chi connectivity index (χ2v) is 10.2. The average molecular weight is 508 g/mol. The van der Waals surface area contributed by atoms with Gasteiger partial charge in [0.2, 0.25) is 5.91 Å². The van der Waals surface area contributed by atoms with E-state index in [9.17, 15) is 9.59 Å². The van der Waals surface area contributed by atoms with E-state index < -0.39 is 0 Å². The summed E-state index contributed by atoms with van der Waals surface area (Å²) in [6, 6.07) is 17.6. The van der Waals surface area contributed by atoms with Gasteiger partial charge in [-0.15, -0.1) is 11.3 Å². The van der Waals surface area contributed by atoms with E-state index in [1.54, 1.807) is 23.4 Å². The molecule has 4 aromatic rings. The third kappa shape index (κ3) is 6.74. The van der Waals surface area contributed by atoms with E-state index in [2.05, 4.69) is 36.5 Å². The Kier molecular flexibility index (Phi) is 8.60. The van der Waals surface area contributed by atoms with Crippen molar-refractivity contribution in [2.45, 2.75) is 50.1 Å². The highest BCUT2D eigenvalue weighted by molar-refractivity contribution is 7.98. The maximum absolute atomic E-state index is 13.1. The van der Waals surface area contributed by atoms with Crippen LogP contribution in [0.25, 0.3) is 10.2 Å². The molecule has 0 fully saturated rings. The Morgan fingerprint density at radius 3 is 2.57 bits per heavy atom. The Hall–Kier alpha value is -3.10. The second kappa shape index (κ2) is 12.0. The van der Waals surface area contributed by atoms with Crippen molar-refractivity contribution >= 4 is 44.9 Å². The number of ether oxygens (including phenoxy) is 1. The Labute approximate surface area is 213 Å². The maximum Gasteiger partial charge on any atom is 0.272 e. The van der Waals surface area contributed by atoms with Crippen LogP contribution < -0.4 is 15.6 Å². The van der Waals surface area contributed by atoms with Gasteiger partial charge in [-0.25, -0.2) is 4.98 Å². The number of anilines is 1. The molecule has 0 aliphatic heterocycles. The van der Waals surface area contributed by atoms with Crippen molar-refractivity contribution in [2.75, 3.05) is 12.4 Å². The molecule has 0 radical (unpaired) electrons. The van der Waals surface area contributed by atoms with Gasteiger partial charge in [0.1, 0.15) is 10.4 Å². The lowest BCUT2D eigenvalue weighted by molar-refractivity contribution is -0.116. The molecule has 0 saturated carbocycles. The third-order valence-corrected chi connectivity index (χ3v) is 7.62. The molecule has 4 rings (SSSR count). The maximum atomic E-state index is 13.1. The van der Waals surface area contributed by atoms with E-state index in [1.807, 2.05) is 35.7 Å². The number of hydrogen-bond acceptors (Lipinski definition) is 6. The largest absolute Gasteiger partial charge is 0.497 e. The normalized spacial score (nSPS) is 11.0. The number of methoxy groups -OCH3 is 1. The molecule has 8 heteroatoms. The molecule has 182 valence electrons. The van der Waals surface area contributed by atoms with E-state index in [0.717, 1.165) is 47.1 Å². The Balaban J connectivity index is 1.32. The smallest absolute Gasteiger partial charge is 0.272 e. The minimum Gasteiger partial charge on any atom is -0.497 e. The number of hydrogen-bond donors (Lipinski definition) is 1. The Morgan fingerprint density at radius 1 is 1.06 bits per heavy atom. The van der Waals surface area contributed by atoms with Crippen molar-refractivity contribution in [1.29, 1.82) is 0 Å². The lowest BCUT2D eigenvalue weighted by Gasteiger charge is -2.12. The van der Waals surface area contributed by atoms with Gasteiger partial charge in [-0.1, -0.05) is 48.0 Å². The molecule has 0 aliphatic rings. The summed E-state index contributed by atoms with van der Waals surface area (Å²) in [5.74, 6) is 1.50. The van der Waals surface area contributed by atoms with Gasteiger partial charge in [-0.05, 0) is 61.0 Å². The first-order chi connectivity index (χ1) is 17.0. The fourth-order valence-electron chi connectivity index (χ4n) is 3.69. The molecule has 35 heavy (non-hydrogen) atoms. The number of unbranched alkanes of at least 4 members (excludes halogenated alkanes) is 2. The van der Waals surface area contributed by atoms with E-state index in [1.165, 1.54) is 22.5 Å². The quantitative estimate of drug-likeness (QED) is 0.147. The van der Waals surface area contributed by atoms with Crippen molar-refractivity contribution in [3.8, 4) is 5.75 Å². The minimum absolute atomic E-state index is 0.0108. The van der Waals surface area contributed by atoms with E-state index >= 15 is 0 Å². The van der Waals surface area contributed by atoms with Gasteiger partial charge >= 0.3 is 0 Å². The van der Waals surface area contributed by atoms with Gasteiger partial charge in [0.15, 0.2) is 5.16 Å². The molecule has 0 spiro atoms. The van der Waals surface area contributed by atoms with Crippen LogP contribution in [0.2, 0.25) is 0 Å². The van der Waals surface area contributed by atoms with Crippen LogP contribution in [0.15, 0.2) is 69.9 Å². The third-order valence-electron chi connectivity index (χ3n) is 5.68. The number of carbonyl (C=O) groups is 1. The number of fused-ring (bicyclic) bond motifs is 1. The molecule has 0 unspecified atom stereocenters. The predicted octanol–water partition coefficient (Wildman–Crippen LogP) is 6.27. The molecular weight excluding hydrogens is 478 g/mol. The first kappa shape index (κ1) is 25.0. The van der Waals surface area contributed by atoms with Crippen LogP contribution in [-0.4, -0.2) is 22.6 Å². The number of nitrogens with one attached hydrogen (secondary N) is 1. The number of thiophene rings is 1. The van der Waals surface area contributed by atoms with E-state index in [-0.39, 0.29) is 11.5 Å². The molecule has 6 nitrogen and oxygen atoms in total. The highest BCUT2D eigenvalue weighted by atomic mass is 32.2. The molecule has 0 aliphatic carbocycles. The van der Waals surface area contributed by atoms with Crippen LogP contribution >= 0.6 is 23.1 Å². The summed E-state index contributed by atoms with van der Waals surface area (Å²) in [4.78, 5) is 30.2. The van der Waals surface area contributed by atoms with Crippen molar-refractivity contribution in [3.63, 3.8) is 0 Å². The van der Waals surface area contributed by atoms with E-state index in [4.69, 9.17) is 9.72 Å². The molecule has 1 N–H and O–H groups in total. The molecule has 0 bridgehead atoms. The zero-order valence-electron chi connectivity index (χ0n) is 20.0. The SMILES string of the molecule is COc1ccc(NC(=O)CCCCCn2c(SCc3ccc(C)cc3)nc3ccsc3c2=O)cc1. The highest BCUT2D eigenvalue weighted by Crippen LogP contribution is 2.24. The Bertz CT molecular complexity index is 1330. The first-order valence-electron chi connectivity index (χ1n) is 11.6. The molecule has 2 aromatic carbocycles. The van der Waals surface area contributed by atoms with Crippen molar-refractivity contribution in [2.24, 2.45) is 0 Å². The number of nitrogens with zero attached hydrogens (tertiary/aromatic N) is 2. The zero-order chi connectivity index (χ0) is 24.6. The van der Waals surface area contributed by atoms with Gasteiger partial charge in [-0.2, -0.15) is 0 Å². The summed E-state index contributed by atoms with van der Waals surface area (Å²) in [6.45, 7) is 2.67. The number of carbonyl (C=O) groups excluding carboxylic acids is 1. The summed E-state index contributed by atoms with van der Waals surface area (Å²) in [7, 11) is 1.61. The summed E-state index contributed by atoms with van der Waals surface area (Å²) in [5.41, 5.74) is 3.97. The van der Waals surface area contributed by atoms with E-state index in [0.29, 0.717) is 17.7 Å². The van der Waals surface area contributed by atoms with Crippen LogP contribution in [-0.2, 0) is 17.1 Å².